The van der Waals surface area contributed by atoms with Crippen LogP contribution in [0.3, 0.4) is 0 Å². The second-order valence-corrected chi connectivity index (χ2v) is 6.25. The number of hydrogen-bond acceptors (Lipinski definition) is 2. The summed E-state index contributed by atoms with van der Waals surface area (Å²) in [5, 5.41) is 3.63. The van der Waals surface area contributed by atoms with Crippen LogP contribution in [0.5, 0.6) is 0 Å². The molecule has 0 saturated carbocycles. The molecular formula is C16H34N2. The van der Waals surface area contributed by atoms with E-state index in [1.807, 2.05) is 0 Å². The van der Waals surface area contributed by atoms with Crippen molar-refractivity contribution in [2.24, 2.45) is 5.92 Å². The Labute approximate surface area is 115 Å². The van der Waals surface area contributed by atoms with E-state index in [2.05, 4.69) is 37.9 Å². The van der Waals surface area contributed by atoms with Crippen molar-refractivity contribution >= 4 is 0 Å². The minimum Gasteiger partial charge on any atom is -0.313 e. The fourth-order valence-electron chi connectivity index (χ4n) is 3.08. The molecule has 0 amide bonds. The fourth-order valence-corrected chi connectivity index (χ4v) is 3.08. The number of rotatable bonds is 7. The Balaban J connectivity index is 2.45. The maximum Gasteiger partial charge on any atom is 0.0220 e. The van der Waals surface area contributed by atoms with Crippen molar-refractivity contribution < 1.29 is 0 Å². The Morgan fingerprint density at radius 2 is 1.94 bits per heavy atom. The van der Waals surface area contributed by atoms with Gasteiger partial charge in [0.05, 0.1) is 0 Å². The van der Waals surface area contributed by atoms with Crippen LogP contribution in [0.4, 0.5) is 0 Å². The molecule has 0 radical (unpaired) electrons. The van der Waals surface area contributed by atoms with E-state index in [9.17, 15) is 0 Å². The first kappa shape index (κ1) is 16.0. The molecule has 1 aliphatic heterocycles. The third kappa shape index (κ3) is 5.71. The summed E-state index contributed by atoms with van der Waals surface area (Å²) in [5.74, 6) is 0.982. The zero-order valence-corrected chi connectivity index (χ0v) is 13.0. The van der Waals surface area contributed by atoms with E-state index in [0.29, 0.717) is 6.04 Å². The Morgan fingerprint density at radius 3 is 2.56 bits per heavy atom. The first-order valence-electron chi connectivity index (χ1n) is 8.14. The summed E-state index contributed by atoms with van der Waals surface area (Å²) >= 11 is 0. The first-order chi connectivity index (χ1) is 8.67. The monoisotopic (exact) mass is 254 g/mol. The summed E-state index contributed by atoms with van der Waals surface area (Å²) in [6, 6.07) is 1.37. The highest BCUT2D eigenvalue weighted by Crippen LogP contribution is 2.22. The highest BCUT2D eigenvalue weighted by Gasteiger charge is 2.21. The third-order valence-corrected chi connectivity index (χ3v) is 4.36. The van der Waals surface area contributed by atoms with Crippen LogP contribution in [0.1, 0.15) is 66.2 Å². The molecule has 0 spiro atoms. The fraction of sp³-hybridized carbons (Fsp3) is 1.00. The molecule has 1 N–H and O–H groups in total. The van der Waals surface area contributed by atoms with Gasteiger partial charge in [-0.15, -0.1) is 0 Å². The molecule has 2 nitrogen and oxygen atoms in total. The van der Waals surface area contributed by atoms with Crippen molar-refractivity contribution in [3.8, 4) is 0 Å². The van der Waals surface area contributed by atoms with Crippen molar-refractivity contribution in [2.45, 2.75) is 78.3 Å². The maximum atomic E-state index is 3.63. The smallest absolute Gasteiger partial charge is 0.0220 e. The summed E-state index contributed by atoms with van der Waals surface area (Å²) in [6.07, 6.45) is 8.29. The molecule has 2 unspecified atom stereocenters. The van der Waals surface area contributed by atoms with Gasteiger partial charge in [-0.25, -0.2) is 0 Å². The molecule has 1 rings (SSSR count). The average Bonchev–Trinajstić information content (AvgIpc) is 2.59. The lowest BCUT2D eigenvalue weighted by molar-refractivity contribution is 0.183. The Kier molecular flexibility index (Phi) is 7.92. The molecule has 0 aromatic rings. The van der Waals surface area contributed by atoms with Gasteiger partial charge in [0.1, 0.15) is 0 Å². The van der Waals surface area contributed by atoms with Crippen molar-refractivity contribution in [3.05, 3.63) is 0 Å². The van der Waals surface area contributed by atoms with E-state index in [0.717, 1.165) is 12.0 Å². The number of nitrogens with zero attached hydrogens (tertiary/aromatic N) is 1. The Hall–Kier alpha value is -0.0800. The van der Waals surface area contributed by atoms with Gasteiger partial charge in [0.2, 0.25) is 0 Å². The van der Waals surface area contributed by atoms with Crippen molar-refractivity contribution in [2.75, 3.05) is 19.6 Å². The quantitative estimate of drug-likeness (QED) is 0.746. The molecule has 2 atom stereocenters. The summed E-state index contributed by atoms with van der Waals surface area (Å²) in [5.41, 5.74) is 0. The molecule has 0 aromatic carbocycles. The van der Waals surface area contributed by atoms with Gasteiger partial charge in [-0.3, -0.25) is 4.90 Å². The lowest BCUT2D eigenvalue weighted by Gasteiger charge is -2.31. The number of nitrogens with one attached hydrogen (secondary N) is 1. The van der Waals surface area contributed by atoms with Crippen LogP contribution in [0, 0.1) is 5.92 Å². The van der Waals surface area contributed by atoms with Crippen molar-refractivity contribution in [1.82, 2.24) is 10.2 Å². The standard InChI is InChI=1S/C16H34N2/c1-5-8-16(13-17-14(3)4)18-11-7-9-15(6-2)10-12-18/h14-17H,5-13H2,1-4H3. The molecule has 2 heteroatoms. The molecule has 0 aromatic heterocycles. The van der Waals surface area contributed by atoms with Crippen molar-refractivity contribution in [3.63, 3.8) is 0 Å². The van der Waals surface area contributed by atoms with Gasteiger partial charge >= 0.3 is 0 Å². The predicted octanol–water partition coefficient (Wildman–Crippen LogP) is 3.67. The molecule has 108 valence electrons. The molecule has 1 aliphatic rings. The minimum atomic E-state index is 0.611. The van der Waals surface area contributed by atoms with Gasteiger partial charge < -0.3 is 5.32 Å². The highest BCUT2D eigenvalue weighted by molar-refractivity contribution is 4.78. The van der Waals surface area contributed by atoms with Gasteiger partial charge in [0.15, 0.2) is 0 Å². The predicted molar refractivity (Wildman–Crippen MR) is 81.0 cm³/mol. The van der Waals surface area contributed by atoms with Gasteiger partial charge in [0, 0.05) is 18.6 Å². The SMILES string of the molecule is CCCC(CNC(C)C)N1CCCC(CC)CC1. The summed E-state index contributed by atoms with van der Waals surface area (Å²) < 4.78 is 0. The van der Waals surface area contributed by atoms with Gasteiger partial charge in [-0.2, -0.15) is 0 Å². The molecular weight excluding hydrogens is 220 g/mol. The number of hydrogen-bond donors (Lipinski definition) is 1. The van der Waals surface area contributed by atoms with Gasteiger partial charge in [-0.1, -0.05) is 40.5 Å². The lowest BCUT2D eigenvalue weighted by atomic mass is 9.98. The van der Waals surface area contributed by atoms with Crippen LogP contribution >= 0.6 is 0 Å². The average molecular weight is 254 g/mol. The van der Waals surface area contributed by atoms with Crippen LogP contribution in [0.15, 0.2) is 0 Å². The number of likely N-dealkylation sites (tertiary alicyclic amines) is 1. The summed E-state index contributed by atoms with van der Waals surface area (Å²) in [4.78, 5) is 2.76. The Morgan fingerprint density at radius 1 is 1.17 bits per heavy atom. The topological polar surface area (TPSA) is 15.3 Å². The second-order valence-electron chi connectivity index (χ2n) is 6.25. The summed E-state index contributed by atoms with van der Waals surface area (Å²) in [7, 11) is 0. The first-order valence-corrected chi connectivity index (χ1v) is 8.14. The van der Waals surface area contributed by atoms with E-state index in [1.165, 1.54) is 58.2 Å². The zero-order chi connectivity index (χ0) is 13.4. The van der Waals surface area contributed by atoms with Gasteiger partial charge in [-0.05, 0) is 44.7 Å². The van der Waals surface area contributed by atoms with Crippen LogP contribution in [-0.4, -0.2) is 36.6 Å². The molecule has 1 saturated heterocycles. The molecule has 1 fully saturated rings. The lowest BCUT2D eigenvalue weighted by Crippen LogP contribution is -2.44. The second kappa shape index (κ2) is 8.92. The van der Waals surface area contributed by atoms with Crippen LogP contribution in [0.25, 0.3) is 0 Å². The van der Waals surface area contributed by atoms with E-state index < -0.39 is 0 Å². The van der Waals surface area contributed by atoms with Crippen LogP contribution in [-0.2, 0) is 0 Å². The van der Waals surface area contributed by atoms with E-state index in [4.69, 9.17) is 0 Å². The molecule has 0 bridgehead atoms. The third-order valence-electron chi connectivity index (χ3n) is 4.36. The highest BCUT2D eigenvalue weighted by atomic mass is 15.2. The Bertz CT molecular complexity index is 203. The normalized spacial score (nSPS) is 24.2. The van der Waals surface area contributed by atoms with Crippen molar-refractivity contribution in [1.29, 1.82) is 0 Å². The maximum absolute atomic E-state index is 3.63. The zero-order valence-electron chi connectivity index (χ0n) is 13.0. The summed E-state index contributed by atoms with van der Waals surface area (Å²) in [6.45, 7) is 13.0. The van der Waals surface area contributed by atoms with E-state index >= 15 is 0 Å². The van der Waals surface area contributed by atoms with E-state index in [1.54, 1.807) is 0 Å². The molecule has 18 heavy (non-hydrogen) atoms. The van der Waals surface area contributed by atoms with Gasteiger partial charge in [0.25, 0.3) is 0 Å². The molecule has 0 aliphatic carbocycles. The molecule has 1 heterocycles. The van der Waals surface area contributed by atoms with Crippen LogP contribution in [0.2, 0.25) is 0 Å². The van der Waals surface area contributed by atoms with E-state index in [-0.39, 0.29) is 0 Å². The minimum absolute atomic E-state index is 0.611. The van der Waals surface area contributed by atoms with Crippen LogP contribution < -0.4 is 5.32 Å². The largest absolute Gasteiger partial charge is 0.313 e.